The minimum atomic E-state index is 0.0238. The Morgan fingerprint density at radius 2 is 2.25 bits per heavy atom. The van der Waals surface area contributed by atoms with Gasteiger partial charge in [-0.1, -0.05) is 12.1 Å². The lowest BCUT2D eigenvalue weighted by molar-refractivity contribution is 0.0789. The summed E-state index contributed by atoms with van der Waals surface area (Å²) in [6.45, 7) is 1.06. The number of aryl methyl sites for hydroxylation is 1. The van der Waals surface area contributed by atoms with Gasteiger partial charge in [-0.2, -0.15) is 5.10 Å². The van der Waals surface area contributed by atoms with Crippen molar-refractivity contribution < 1.29 is 9.53 Å². The van der Waals surface area contributed by atoms with Crippen LogP contribution in [0.3, 0.4) is 0 Å². The van der Waals surface area contributed by atoms with Crippen LogP contribution in [-0.2, 0) is 20.2 Å². The summed E-state index contributed by atoms with van der Waals surface area (Å²) in [7, 11) is 3.69. The molecule has 2 aromatic heterocycles. The van der Waals surface area contributed by atoms with E-state index in [1.54, 1.807) is 15.8 Å². The molecule has 0 aliphatic carbocycles. The number of hydrogen-bond donors (Lipinski definition) is 0. The van der Waals surface area contributed by atoms with Crippen molar-refractivity contribution in [2.45, 2.75) is 13.2 Å². The van der Waals surface area contributed by atoms with E-state index in [0.29, 0.717) is 13.2 Å². The fourth-order valence-electron chi connectivity index (χ4n) is 2.89. The molecule has 122 valence electrons. The number of amides is 1. The van der Waals surface area contributed by atoms with E-state index in [1.165, 1.54) is 11.3 Å². The van der Waals surface area contributed by atoms with Crippen LogP contribution in [0.5, 0.6) is 5.75 Å². The summed E-state index contributed by atoms with van der Waals surface area (Å²) < 4.78 is 7.51. The Kier molecular flexibility index (Phi) is 3.61. The van der Waals surface area contributed by atoms with Crippen LogP contribution < -0.4 is 4.74 Å². The predicted molar refractivity (Wildman–Crippen MR) is 93.1 cm³/mol. The third-order valence-electron chi connectivity index (χ3n) is 4.06. The Labute approximate surface area is 144 Å². The van der Waals surface area contributed by atoms with Crippen molar-refractivity contribution in [3.63, 3.8) is 0 Å². The molecule has 1 aliphatic heterocycles. The van der Waals surface area contributed by atoms with E-state index in [-0.39, 0.29) is 5.91 Å². The van der Waals surface area contributed by atoms with Gasteiger partial charge in [0.15, 0.2) is 0 Å². The summed E-state index contributed by atoms with van der Waals surface area (Å²) in [5, 5.41) is 4.14. The van der Waals surface area contributed by atoms with Crippen LogP contribution in [0.4, 0.5) is 0 Å². The van der Waals surface area contributed by atoms with Crippen LogP contribution in [-0.4, -0.2) is 27.6 Å². The first-order valence-corrected chi connectivity index (χ1v) is 8.51. The molecule has 0 saturated heterocycles. The molecule has 0 bridgehead atoms. The third kappa shape index (κ3) is 2.59. The highest BCUT2D eigenvalue weighted by Crippen LogP contribution is 2.42. The van der Waals surface area contributed by atoms with E-state index in [0.717, 1.165) is 32.2 Å². The molecule has 0 spiro atoms. The summed E-state index contributed by atoms with van der Waals surface area (Å²) in [5.74, 6) is 0.908. The Hall–Kier alpha value is -2.60. The molecule has 0 unspecified atom stereocenters. The van der Waals surface area contributed by atoms with Gasteiger partial charge in [0.2, 0.25) is 0 Å². The van der Waals surface area contributed by atoms with Crippen LogP contribution in [0.15, 0.2) is 42.7 Å². The van der Waals surface area contributed by atoms with E-state index in [1.807, 2.05) is 50.6 Å². The van der Waals surface area contributed by atoms with E-state index in [9.17, 15) is 4.79 Å². The normalized spacial score (nSPS) is 12.2. The number of fused-ring (bicyclic) bond motifs is 3. The Morgan fingerprint density at radius 1 is 1.42 bits per heavy atom. The summed E-state index contributed by atoms with van der Waals surface area (Å²) in [4.78, 5) is 16.4. The zero-order chi connectivity index (χ0) is 16.7. The van der Waals surface area contributed by atoms with Crippen molar-refractivity contribution in [1.82, 2.24) is 14.7 Å². The van der Waals surface area contributed by atoms with Gasteiger partial charge in [0.05, 0.1) is 11.1 Å². The number of ether oxygens (including phenoxy) is 1. The second-order valence-corrected chi connectivity index (χ2v) is 6.99. The molecule has 0 atom stereocenters. The highest BCUT2D eigenvalue weighted by molar-refractivity contribution is 7.17. The average Bonchev–Trinajstić information content (AvgIpc) is 3.20. The third-order valence-corrected chi connectivity index (χ3v) is 5.26. The van der Waals surface area contributed by atoms with Crippen LogP contribution in [0.2, 0.25) is 0 Å². The maximum Gasteiger partial charge on any atom is 0.263 e. The zero-order valence-corrected chi connectivity index (χ0v) is 14.3. The van der Waals surface area contributed by atoms with E-state index < -0.39 is 0 Å². The number of hydrogen-bond acceptors (Lipinski definition) is 4. The molecule has 0 radical (unpaired) electrons. The van der Waals surface area contributed by atoms with Gasteiger partial charge >= 0.3 is 0 Å². The van der Waals surface area contributed by atoms with Crippen LogP contribution in [0, 0.1) is 0 Å². The molecule has 0 fully saturated rings. The Balaban J connectivity index is 1.59. The number of carbonyl (C=O) groups excluding carboxylic acids is 1. The molecule has 0 saturated carbocycles. The van der Waals surface area contributed by atoms with Crippen molar-refractivity contribution in [1.29, 1.82) is 0 Å². The van der Waals surface area contributed by atoms with Gasteiger partial charge < -0.3 is 9.64 Å². The second kappa shape index (κ2) is 5.79. The first-order chi connectivity index (χ1) is 11.6. The number of para-hydroxylation sites is 1. The fraction of sp³-hybridized carbons (Fsp3) is 0.222. The maximum atomic E-state index is 12.8. The quantitative estimate of drug-likeness (QED) is 0.735. The van der Waals surface area contributed by atoms with E-state index in [2.05, 4.69) is 5.10 Å². The summed E-state index contributed by atoms with van der Waals surface area (Å²) >= 11 is 1.54. The molecule has 4 rings (SSSR count). The van der Waals surface area contributed by atoms with Gasteiger partial charge in [0.1, 0.15) is 12.4 Å². The molecule has 3 aromatic rings. The summed E-state index contributed by atoms with van der Waals surface area (Å²) in [6, 6.07) is 9.92. The highest BCUT2D eigenvalue weighted by Gasteiger charge is 2.23. The fourth-order valence-corrected chi connectivity index (χ4v) is 4.08. The first kappa shape index (κ1) is 15.0. The zero-order valence-electron chi connectivity index (χ0n) is 13.5. The number of thiophene rings is 1. The molecule has 1 aromatic carbocycles. The van der Waals surface area contributed by atoms with Gasteiger partial charge in [-0.3, -0.25) is 9.48 Å². The number of aromatic nitrogens is 2. The lowest BCUT2D eigenvalue weighted by Crippen LogP contribution is -2.25. The van der Waals surface area contributed by atoms with Crippen molar-refractivity contribution in [2.75, 3.05) is 7.05 Å². The lowest BCUT2D eigenvalue weighted by atomic mass is 10.1. The highest BCUT2D eigenvalue weighted by atomic mass is 32.1. The van der Waals surface area contributed by atoms with Crippen molar-refractivity contribution >= 4 is 17.2 Å². The molecule has 1 aliphatic rings. The molecule has 3 heterocycles. The standard InChI is InChI=1S/C18H17N3O2S/c1-20(9-12-8-19-21(2)10-12)18(22)16-7-13-11-23-15-6-4-3-5-14(15)17(13)24-16/h3-8,10H,9,11H2,1-2H3. The second-order valence-electron chi connectivity index (χ2n) is 5.93. The van der Waals surface area contributed by atoms with Crippen molar-refractivity contribution in [3.05, 3.63) is 58.7 Å². The minimum absolute atomic E-state index is 0.0238. The monoisotopic (exact) mass is 339 g/mol. The smallest absolute Gasteiger partial charge is 0.263 e. The topological polar surface area (TPSA) is 47.4 Å². The largest absolute Gasteiger partial charge is 0.488 e. The predicted octanol–water partition coefficient (Wildman–Crippen LogP) is 3.31. The van der Waals surface area contributed by atoms with Gasteiger partial charge in [0, 0.05) is 48.4 Å². The van der Waals surface area contributed by atoms with Gasteiger partial charge in [0.25, 0.3) is 5.91 Å². The van der Waals surface area contributed by atoms with E-state index >= 15 is 0 Å². The lowest BCUT2D eigenvalue weighted by Gasteiger charge is -2.16. The number of carbonyl (C=O) groups is 1. The number of nitrogens with zero attached hydrogens (tertiary/aromatic N) is 3. The van der Waals surface area contributed by atoms with Crippen LogP contribution >= 0.6 is 11.3 Å². The minimum Gasteiger partial charge on any atom is -0.488 e. The van der Waals surface area contributed by atoms with Crippen LogP contribution in [0.25, 0.3) is 10.4 Å². The number of benzene rings is 1. The molecule has 5 nitrogen and oxygen atoms in total. The summed E-state index contributed by atoms with van der Waals surface area (Å²) in [5.41, 5.74) is 3.16. The van der Waals surface area contributed by atoms with Crippen molar-refractivity contribution in [3.8, 4) is 16.2 Å². The van der Waals surface area contributed by atoms with Crippen LogP contribution in [0.1, 0.15) is 20.8 Å². The first-order valence-electron chi connectivity index (χ1n) is 7.69. The molecular formula is C18H17N3O2S. The van der Waals surface area contributed by atoms with Gasteiger partial charge in [-0.25, -0.2) is 0 Å². The number of rotatable bonds is 3. The Morgan fingerprint density at radius 3 is 3.04 bits per heavy atom. The molecule has 0 N–H and O–H groups in total. The molecular weight excluding hydrogens is 322 g/mol. The Bertz CT molecular complexity index is 913. The SMILES string of the molecule is CN(Cc1cnn(C)c1)C(=O)c1cc2c(s1)-c1ccccc1OC2. The van der Waals surface area contributed by atoms with Gasteiger partial charge in [-0.05, 0) is 18.2 Å². The van der Waals surface area contributed by atoms with E-state index in [4.69, 9.17) is 4.74 Å². The molecule has 1 amide bonds. The maximum absolute atomic E-state index is 12.8. The van der Waals surface area contributed by atoms with Crippen molar-refractivity contribution in [2.24, 2.45) is 7.05 Å². The molecule has 24 heavy (non-hydrogen) atoms. The van der Waals surface area contributed by atoms with Gasteiger partial charge in [-0.15, -0.1) is 11.3 Å². The molecule has 6 heteroatoms. The summed E-state index contributed by atoms with van der Waals surface area (Å²) in [6.07, 6.45) is 3.71. The average molecular weight is 339 g/mol.